The van der Waals surface area contributed by atoms with Gasteiger partial charge in [-0.05, 0) is 49.1 Å². The van der Waals surface area contributed by atoms with Gasteiger partial charge in [0, 0.05) is 12.6 Å². The molecule has 3 heterocycles. The minimum atomic E-state index is -3.71. The third kappa shape index (κ3) is 3.62. The smallest absolute Gasteiger partial charge is 0.264 e. The number of fused-ring (bicyclic) bond motifs is 2. The van der Waals surface area contributed by atoms with Crippen LogP contribution in [0.25, 0.3) is 11.0 Å². The second-order valence-electron chi connectivity index (χ2n) is 7.92. The second kappa shape index (κ2) is 7.79. The molecule has 164 valence electrons. The third-order valence-electron chi connectivity index (χ3n) is 5.65. The number of aryl methyl sites for hydroxylation is 1. The topological polar surface area (TPSA) is 130 Å². The van der Waals surface area contributed by atoms with Gasteiger partial charge in [-0.25, -0.2) is 8.42 Å². The lowest BCUT2D eigenvalue weighted by atomic mass is 10.0. The van der Waals surface area contributed by atoms with Gasteiger partial charge in [-0.15, -0.1) is 0 Å². The molecule has 2 aromatic heterocycles. The maximum absolute atomic E-state index is 13.6. The number of nitrogens with one attached hydrogen (secondary N) is 2. The Morgan fingerprint density at radius 1 is 1.16 bits per heavy atom. The Balaban J connectivity index is 1.50. The van der Waals surface area contributed by atoms with E-state index >= 15 is 0 Å². The average molecular weight is 450 g/mol. The average Bonchev–Trinajstić information content (AvgIpc) is 3.15. The predicted molar refractivity (Wildman–Crippen MR) is 124 cm³/mol. The molecule has 4 N–H and O–H groups in total. The van der Waals surface area contributed by atoms with E-state index in [2.05, 4.69) is 25.5 Å². The van der Waals surface area contributed by atoms with E-state index in [1.54, 1.807) is 24.4 Å². The van der Waals surface area contributed by atoms with Crippen LogP contribution in [0.2, 0.25) is 0 Å². The lowest BCUT2D eigenvalue weighted by molar-refractivity contribution is 0.587. The summed E-state index contributed by atoms with van der Waals surface area (Å²) in [7, 11) is -3.71. The number of hydrogen-bond donors (Lipinski definition) is 3. The van der Waals surface area contributed by atoms with E-state index < -0.39 is 10.0 Å². The zero-order valence-electron chi connectivity index (χ0n) is 17.5. The first-order chi connectivity index (χ1) is 15.4. The number of anilines is 3. The fraction of sp³-hybridized carbons (Fsp3) is 0.227. The molecule has 1 atom stereocenters. The molecule has 0 amide bonds. The minimum Gasteiger partial charge on any atom is -0.368 e. The zero-order chi connectivity index (χ0) is 22.3. The molecule has 0 fully saturated rings. The Labute approximate surface area is 185 Å². The summed E-state index contributed by atoms with van der Waals surface area (Å²) in [6.45, 7) is 2.22. The highest BCUT2D eigenvalue weighted by Crippen LogP contribution is 2.32. The number of H-pyrrole nitrogens is 1. The van der Waals surface area contributed by atoms with Gasteiger partial charge < -0.3 is 11.1 Å². The normalized spacial score (nSPS) is 16.5. The van der Waals surface area contributed by atoms with Crippen molar-refractivity contribution in [3.8, 4) is 0 Å². The van der Waals surface area contributed by atoms with Gasteiger partial charge in [-0.3, -0.25) is 9.40 Å². The molecule has 0 bridgehead atoms. The molecule has 4 aromatic rings. The van der Waals surface area contributed by atoms with Crippen LogP contribution in [0.15, 0.2) is 59.6 Å². The fourth-order valence-corrected chi connectivity index (χ4v) is 5.74. The monoisotopic (exact) mass is 449 g/mol. The van der Waals surface area contributed by atoms with E-state index in [4.69, 9.17) is 5.73 Å². The summed E-state index contributed by atoms with van der Waals surface area (Å²) in [4.78, 5) is 8.79. The highest BCUT2D eigenvalue weighted by atomic mass is 32.2. The molecule has 1 aliphatic rings. The van der Waals surface area contributed by atoms with E-state index in [1.165, 1.54) is 4.31 Å². The van der Waals surface area contributed by atoms with Gasteiger partial charge in [0.05, 0.1) is 22.2 Å². The van der Waals surface area contributed by atoms with Gasteiger partial charge in [0.25, 0.3) is 10.0 Å². The number of nitrogens with two attached hydrogens (primary N) is 1. The molecule has 32 heavy (non-hydrogen) atoms. The summed E-state index contributed by atoms with van der Waals surface area (Å²) in [5.74, 6) is 0.723. The summed E-state index contributed by atoms with van der Waals surface area (Å²) in [5.41, 5.74) is 8.96. The SMILES string of the molecule is Cc1cccc(S(=O)(=O)N2CCC(Nc3nc(N)nc4[nH]ncc34)Cc3ccccc32)c1. The first-order valence-electron chi connectivity index (χ1n) is 10.3. The summed E-state index contributed by atoms with van der Waals surface area (Å²) in [5, 5.41) is 11.0. The minimum absolute atomic E-state index is 0.0544. The molecular formula is C22H23N7O2S. The molecule has 10 heteroatoms. The second-order valence-corrected chi connectivity index (χ2v) is 9.78. The number of hydrogen-bond acceptors (Lipinski definition) is 7. The van der Waals surface area contributed by atoms with Crippen LogP contribution in [-0.4, -0.2) is 41.2 Å². The van der Waals surface area contributed by atoms with Crippen LogP contribution >= 0.6 is 0 Å². The number of benzene rings is 2. The van der Waals surface area contributed by atoms with Crippen LogP contribution in [-0.2, 0) is 16.4 Å². The number of para-hydroxylation sites is 1. The van der Waals surface area contributed by atoms with Gasteiger partial charge in [0.2, 0.25) is 5.95 Å². The Kier molecular flexibility index (Phi) is 4.93. The lowest BCUT2D eigenvalue weighted by Crippen LogP contribution is -2.33. The summed E-state index contributed by atoms with van der Waals surface area (Å²) >= 11 is 0. The maximum atomic E-state index is 13.6. The quantitative estimate of drug-likeness (QED) is 0.437. The maximum Gasteiger partial charge on any atom is 0.264 e. The van der Waals surface area contributed by atoms with E-state index in [0.717, 1.165) is 16.5 Å². The van der Waals surface area contributed by atoms with E-state index in [0.29, 0.717) is 41.4 Å². The number of sulfonamides is 1. The molecule has 1 aliphatic heterocycles. The summed E-state index contributed by atoms with van der Waals surface area (Å²) in [6, 6.07) is 14.6. The van der Waals surface area contributed by atoms with Crippen molar-refractivity contribution in [3.05, 3.63) is 65.9 Å². The van der Waals surface area contributed by atoms with Crippen molar-refractivity contribution in [2.75, 3.05) is 21.9 Å². The molecule has 0 radical (unpaired) electrons. The number of nitrogens with zero attached hydrogens (tertiary/aromatic N) is 4. The highest BCUT2D eigenvalue weighted by molar-refractivity contribution is 7.92. The van der Waals surface area contributed by atoms with E-state index in [9.17, 15) is 8.42 Å². The molecule has 2 aromatic carbocycles. The number of nitrogen functional groups attached to an aromatic ring is 1. The third-order valence-corrected chi connectivity index (χ3v) is 7.46. The van der Waals surface area contributed by atoms with Crippen LogP contribution < -0.4 is 15.4 Å². The van der Waals surface area contributed by atoms with Crippen molar-refractivity contribution in [3.63, 3.8) is 0 Å². The van der Waals surface area contributed by atoms with Gasteiger partial charge in [0.15, 0.2) is 5.65 Å². The highest BCUT2D eigenvalue weighted by Gasteiger charge is 2.31. The van der Waals surface area contributed by atoms with Crippen molar-refractivity contribution >= 4 is 38.5 Å². The fourth-order valence-electron chi connectivity index (χ4n) is 4.12. The summed E-state index contributed by atoms with van der Waals surface area (Å²) < 4.78 is 28.6. The summed E-state index contributed by atoms with van der Waals surface area (Å²) in [6.07, 6.45) is 2.87. The zero-order valence-corrected chi connectivity index (χ0v) is 18.3. The van der Waals surface area contributed by atoms with Crippen molar-refractivity contribution in [1.29, 1.82) is 0 Å². The Morgan fingerprint density at radius 2 is 2.00 bits per heavy atom. The molecule has 0 saturated carbocycles. The van der Waals surface area contributed by atoms with Crippen LogP contribution in [0.4, 0.5) is 17.5 Å². The number of rotatable bonds is 4. The Hall–Kier alpha value is -3.66. The van der Waals surface area contributed by atoms with Crippen LogP contribution in [0.5, 0.6) is 0 Å². The van der Waals surface area contributed by atoms with Crippen molar-refractivity contribution in [2.24, 2.45) is 0 Å². The Bertz CT molecular complexity index is 1400. The van der Waals surface area contributed by atoms with Crippen molar-refractivity contribution in [1.82, 2.24) is 20.2 Å². The molecular weight excluding hydrogens is 426 g/mol. The largest absolute Gasteiger partial charge is 0.368 e. The van der Waals surface area contributed by atoms with Gasteiger partial charge in [-0.1, -0.05) is 30.3 Å². The number of aromatic nitrogens is 4. The van der Waals surface area contributed by atoms with Crippen LogP contribution in [0, 0.1) is 6.92 Å². The van der Waals surface area contributed by atoms with Gasteiger partial charge in [-0.2, -0.15) is 15.1 Å². The standard InChI is InChI=1S/C22H23N7O2S/c1-14-5-4-7-17(11-14)32(30,31)29-10-9-16(12-15-6-2-3-8-19(15)29)25-20-18-13-24-28-21(18)27-22(23)26-20/h2-8,11,13,16H,9-10,12H2,1H3,(H4,23,24,25,26,27,28). The molecule has 0 spiro atoms. The molecule has 0 aliphatic carbocycles. The van der Waals surface area contributed by atoms with Crippen molar-refractivity contribution in [2.45, 2.75) is 30.7 Å². The van der Waals surface area contributed by atoms with E-state index in [-0.39, 0.29) is 12.0 Å². The van der Waals surface area contributed by atoms with Crippen LogP contribution in [0.1, 0.15) is 17.5 Å². The first-order valence-corrected chi connectivity index (χ1v) is 11.8. The molecule has 9 nitrogen and oxygen atoms in total. The van der Waals surface area contributed by atoms with Gasteiger partial charge >= 0.3 is 0 Å². The van der Waals surface area contributed by atoms with Gasteiger partial charge in [0.1, 0.15) is 5.82 Å². The predicted octanol–water partition coefficient (Wildman–Crippen LogP) is 2.87. The first kappa shape index (κ1) is 20.3. The molecule has 1 unspecified atom stereocenters. The Morgan fingerprint density at radius 3 is 2.84 bits per heavy atom. The molecule has 5 rings (SSSR count). The van der Waals surface area contributed by atoms with E-state index in [1.807, 2.05) is 37.3 Å². The lowest BCUT2D eigenvalue weighted by Gasteiger charge is -2.24. The number of aromatic amines is 1. The van der Waals surface area contributed by atoms with Crippen molar-refractivity contribution < 1.29 is 8.42 Å². The molecule has 0 saturated heterocycles. The van der Waals surface area contributed by atoms with Crippen LogP contribution in [0.3, 0.4) is 0 Å².